The van der Waals surface area contributed by atoms with E-state index in [1.54, 1.807) is 4.90 Å². The SMILES string of the molecule is CC(N)C1CCCCN1C(=O)CC(N)=O. The zero-order valence-electron chi connectivity index (χ0n) is 9.11. The number of amides is 2. The zero-order chi connectivity index (χ0) is 11.4. The maximum Gasteiger partial charge on any atom is 0.232 e. The summed E-state index contributed by atoms with van der Waals surface area (Å²) in [5.41, 5.74) is 10.8. The normalized spacial score (nSPS) is 23.6. The highest BCUT2D eigenvalue weighted by Crippen LogP contribution is 2.19. The molecule has 2 unspecified atom stereocenters. The summed E-state index contributed by atoms with van der Waals surface area (Å²) >= 11 is 0. The highest BCUT2D eigenvalue weighted by molar-refractivity contribution is 5.96. The third kappa shape index (κ3) is 3.20. The average Bonchev–Trinajstić information content (AvgIpc) is 2.16. The number of nitrogens with two attached hydrogens (primary N) is 2. The molecule has 5 nitrogen and oxygen atoms in total. The fraction of sp³-hybridized carbons (Fsp3) is 0.800. The van der Waals surface area contributed by atoms with Gasteiger partial charge in [-0.3, -0.25) is 9.59 Å². The van der Waals surface area contributed by atoms with Crippen LogP contribution in [0.3, 0.4) is 0 Å². The van der Waals surface area contributed by atoms with Gasteiger partial charge in [0.2, 0.25) is 11.8 Å². The molecule has 15 heavy (non-hydrogen) atoms. The molecule has 86 valence electrons. The second kappa shape index (κ2) is 5.11. The molecule has 0 spiro atoms. The molecule has 5 heteroatoms. The van der Waals surface area contributed by atoms with Crippen molar-refractivity contribution in [3.63, 3.8) is 0 Å². The van der Waals surface area contributed by atoms with Gasteiger partial charge in [-0.1, -0.05) is 0 Å². The molecule has 4 N–H and O–H groups in total. The van der Waals surface area contributed by atoms with Gasteiger partial charge in [-0.25, -0.2) is 0 Å². The summed E-state index contributed by atoms with van der Waals surface area (Å²) in [7, 11) is 0. The minimum Gasteiger partial charge on any atom is -0.369 e. The Kier molecular flexibility index (Phi) is 4.08. The van der Waals surface area contributed by atoms with Crippen LogP contribution in [0.1, 0.15) is 32.6 Å². The lowest BCUT2D eigenvalue weighted by Crippen LogP contribution is -2.52. The summed E-state index contributed by atoms with van der Waals surface area (Å²) < 4.78 is 0. The first kappa shape index (κ1) is 12.0. The van der Waals surface area contributed by atoms with Crippen molar-refractivity contribution in [2.24, 2.45) is 11.5 Å². The molecule has 1 heterocycles. The van der Waals surface area contributed by atoms with E-state index in [0.29, 0.717) is 6.54 Å². The number of carbonyl (C=O) groups excluding carboxylic acids is 2. The fourth-order valence-electron chi connectivity index (χ4n) is 2.06. The van der Waals surface area contributed by atoms with Gasteiger partial charge in [0.1, 0.15) is 6.42 Å². The van der Waals surface area contributed by atoms with Crippen molar-refractivity contribution in [2.75, 3.05) is 6.54 Å². The lowest BCUT2D eigenvalue weighted by molar-refractivity contribution is -0.138. The molecule has 0 aromatic rings. The van der Waals surface area contributed by atoms with E-state index in [4.69, 9.17) is 11.5 Å². The number of likely N-dealkylation sites (tertiary alicyclic amines) is 1. The number of carbonyl (C=O) groups is 2. The third-order valence-electron chi connectivity index (χ3n) is 2.80. The van der Waals surface area contributed by atoms with E-state index in [0.717, 1.165) is 19.3 Å². The van der Waals surface area contributed by atoms with Gasteiger partial charge in [-0.15, -0.1) is 0 Å². The Hall–Kier alpha value is -1.10. The third-order valence-corrected chi connectivity index (χ3v) is 2.80. The smallest absolute Gasteiger partial charge is 0.232 e. The van der Waals surface area contributed by atoms with Crippen LogP contribution in [0.15, 0.2) is 0 Å². The van der Waals surface area contributed by atoms with Crippen molar-refractivity contribution in [1.82, 2.24) is 4.90 Å². The second-order valence-electron chi connectivity index (χ2n) is 4.15. The van der Waals surface area contributed by atoms with Crippen molar-refractivity contribution in [3.05, 3.63) is 0 Å². The van der Waals surface area contributed by atoms with Crippen LogP contribution in [0.25, 0.3) is 0 Å². The molecular formula is C10H19N3O2. The molecule has 1 aliphatic heterocycles. The van der Waals surface area contributed by atoms with Crippen LogP contribution >= 0.6 is 0 Å². The van der Waals surface area contributed by atoms with Gasteiger partial charge >= 0.3 is 0 Å². The van der Waals surface area contributed by atoms with Gasteiger partial charge < -0.3 is 16.4 Å². The van der Waals surface area contributed by atoms with Crippen LogP contribution in [0, 0.1) is 0 Å². The highest BCUT2D eigenvalue weighted by Gasteiger charge is 2.29. The number of hydrogen-bond donors (Lipinski definition) is 2. The summed E-state index contributed by atoms with van der Waals surface area (Å²) in [5.74, 6) is -0.765. The maximum atomic E-state index is 11.7. The Morgan fingerprint density at radius 3 is 2.67 bits per heavy atom. The van der Waals surface area contributed by atoms with Crippen molar-refractivity contribution in [3.8, 4) is 0 Å². The Morgan fingerprint density at radius 1 is 1.47 bits per heavy atom. The van der Waals surface area contributed by atoms with Gasteiger partial charge in [0.15, 0.2) is 0 Å². The first-order valence-electron chi connectivity index (χ1n) is 5.35. The Balaban J connectivity index is 2.63. The zero-order valence-corrected chi connectivity index (χ0v) is 9.11. The predicted molar refractivity (Wildman–Crippen MR) is 56.8 cm³/mol. The molecule has 1 aliphatic rings. The van der Waals surface area contributed by atoms with Crippen molar-refractivity contribution in [1.29, 1.82) is 0 Å². The lowest BCUT2D eigenvalue weighted by Gasteiger charge is -2.37. The molecule has 0 bridgehead atoms. The van der Waals surface area contributed by atoms with E-state index in [9.17, 15) is 9.59 Å². The highest BCUT2D eigenvalue weighted by atomic mass is 16.2. The summed E-state index contributed by atoms with van der Waals surface area (Å²) in [6.07, 6.45) is 2.78. The van der Waals surface area contributed by atoms with Gasteiger partial charge in [-0.2, -0.15) is 0 Å². The van der Waals surface area contributed by atoms with Gasteiger partial charge in [0.25, 0.3) is 0 Å². The van der Waals surface area contributed by atoms with Crippen LogP contribution in [0.4, 0.5) is 0 Å². The Bertz CT molecular complexity index is 253. The number of rotatable bonds is 3. The number of hydrogen-bond acceptors (Lipinski definition) is 3. The summed E-state index contributed by atoms with van der Waals surface area (Å²) in [6, 6.07) is 0.00715. The topological polar surface area (TPSA) is 89.4 Å². The van der Waals surface area contributed by atoms with Gasteiger partial charge in [-0.05, 0) is 26.2 Å². The molecular weight excluding hydrogens is 194 g/mol. The van der Waals surface area contributed by atoms with Crippen LogP contribution in [-0.4, -0.2) is 35.3 Å². The molecule has 0 saturated carbocycles. The van der Waals surface area contributed by atoms with Crippen LogP contribution in [0.5, 0.6) is 0 Å². The number of primary amides is 1. The quantitative estimate of drug-likeness (QED) is 0.624. The van der Waals surface area contributed by atoms with Gasteiger partial charge in [0.05, 0.1) is 0 Å². The summed E-state index contributed by atoms with van der Waals surface area (Å²) in [5, 5.41) is 0. The molecule has 2 atom stereocenters. The molecule has 0 radical (unpaired) electrons. The van der Waals surface area contributed by atoms with E-state index in [-0.39, 0.29) is 24.4 Å². The van der Waals surface area contributed by atoms with Gasteiger partial charge in [0, 0.05) is 18.6 Å². The van der Waals surface area contributed by atoms with Crippen molar-refractivity contribution >= 4 is 11.8 Å². The van der Waals surface area contributed by atoms with Crippen LogP contribution < -0.4 is 11.5 Å². The number of piperidine rings is 1. The van der Waals surface area contributed by atoms with E-state index < -0.39 is 5.91 Å². The van der Waals surface area contributed by atoms with E-state index >= 15 is 0 Å². The average molecular weight is 213 g/mol. The molecule has 1 saturated heterocycles. The van der Waals surface area contributed by atoms with Crippen LogP contribution in [-0.2, 0) is 9.59 Å². The Morgan fingerprint density at radius 2 is 2.13 bits per heavy atom. The molecule has 2 amide bonds. The predicted octanol–water partition coefficient (Wildman–Crippen LogP) is -0.410. The molecule has 1 fully saturated rings. The van der Waals surface area contributed by atoms with E-state index in [2.05, 4.69) is 0 Å². The minimum absolute atomic E-state index is 0.0536. The first-order chi connectivity index (χ1) is 7.02. The van der Waals surface area contributed by atoms with Crippen molar-refractivity contribution in [2.45, 2.75) is 44.7 Å². The summed E-state index contributed by atoms with van der Waals surface area (Å²) in [4.78, 5) is 24.1. The van der Waals surface area contributed by atoms with E-state index in [1.165, 1.54) is 0 Å². The minimum atomic E-state index is -0.575. The number of nitrogens with zero attached hydrogens (tertiary/aromatic N) is 1. The molecule has 1 rings (SSSR count). The monoisotopic (exact) mass is 213 g/mol. The van der Waals surface area contributed by atoms with Crippen molar-refractivity contribution < 1.29 is 9.59 Å². The lowest BCUT2D eigenvalue weighted by atomic mass is 9.96. The molecule has 0 aromatic carbocycles. The standard InChI is InChI=1S/C10H19N3O2/c1-7(11)8-4-2-3-5-13(8)10(15)6-9(12)14/h7-8H,2-6,11H2,1H3,(H2,12,14). The maximum absolute atomic E-state index is 11.7. The van der Waals surface area contributed by atoms with E-state index in [1.807, 2.05) is 6.92 Å². The second-order valence-corrected chi connectivity index (χ2v) is 4.15. The summed E-state index contributed by atoms with van der Waals surface area (Å²) in [6.45, 7) is 2.58. The fourth-order valence-corrected chi connectivity index (χ4v) is 2.06. The molecule has 0 aromatic heterocycles. The Labute approximate surface area is 89.8 Å². The largest absolute Gasteiger partial charge is 0.369 e. The first-order valence-corrected chi connectivity index (χ1v) is 5.35. The molecule has 0 aliphatic carbocycles. The van der Waals surface area contributed by atoms with Crippen LogP contribution in [0.2, 0.25) is 0 Å².